The summed E-state index contributed by atoms with van der Waals surface area (Å²) in [5.74, 6) is 0. The van der Waals surface area contributed by atoms with E-state index in [1.165, 1.54) is 48.2 Å². The molecule has 0 bridgehead atoms. The first-order chi connectivity index (χ1) is 10.7. The van der Waals surface area contributed by atoms with Gasteiger partial charge < -0.3 is 16.7 Å². The van der Waals surface area contributed by atoms with Gasteiger partial charge in [-0.3, -0.25) is 0 Å². The normalized spacial score (nSPS) is 15.7. The maximum Gasteiger partial charge on any atom is 0.0997 e. The molecule has 3 unspecified atom stereocenters. The largest absolute Gasteiger partial charge is 0.316 e. The van der Waals surface area contributed by atoms with Crippen LogP contribution in [0.1, 0.15) is 39.0 Å². The fraction of sp³-hybridized carbons (Fsp3) is 1.00. The maximum absolute atomic E-state index is 5.84. The summed E-state index contributed by atoms with van der Waals surface area (Å²) in [7, 11) is 0. The van der Waals surface area contributed by atoms with Crippen LogP contribution in [-0.4, -0.2) is 49.9 Å². The zero-order chi connectivity index (χ0) is 16.6. The van der Waals surface area contributed by atoms with E-state index < -0.39 is 0 Å². The number of hydrogen-bond acceptors (Lipinski definition) is 8. The Hall–Kier alpha value is 1.24. The Morgan fingerprint density at radius 1 is 0.682 bits per heavy atom. The average molecular weight is 391 g/mol. The molecule has 0 aliphatic heterocycles. The summed E-state index contributed by atoms with van der Waals surface area (Å²) in [4.78, 5) is 0. The molecule has 0 aromatic carbocycles. The second-order valence-electron chi connectivity index (χ2n) is 4.74. The Bertz CT molecular complexity index is 237. The molecule has 0 aliphatic rings. The summed E-state index contributed by atoms with van der Waals surface area (Å²) >= 11 is 5.67. The lowest BCUT2D eigenvalue weighted by Gasteiger charge is -2.26. The van der Waals surface area contributed by atoms with E-state index in [-0.39, 0.29) is 18.3 Å². The number of unbranched alkanes of at least 4 members (excludes halogenated alkanes) is 1. The average Bonchev–Trinajstić information content (AvgIpc) is 2.50. The van der Waals surface area contributed by atoms with E-state index in [0.717, 1.165) is 38.7 Å². The van der Waals surface area contributed by atoms with Crippen molar-refractivity contribution in [2.75, 3.05) is 31.6 Å². The van der Waals surface area contributed by atoms with E-state index in [2.05, 4.69) is 6.92 Å². The zero-order valence-corrected chi connectivity index (χ0v) is 17.5. The standard InChI is InChI=1S/C14H30O4S4/c1-12(16-20-3)9-10-14(18-22-5)13(17-21-4)8-6-7-11-15-19-2/h12-14H,6-11H2,1-5H3. The zero-order valence-electron chi connectivity index (χ0n) is 14.2. The first-order valence-electron chi connectivity index (χ1n) is 7.43. The van der Waals surface area contributed by atoms with E-state index in [4.69, 9.17) is 16.7 Å². The summed E-state index contributed by atoms with van der Waals surface area (Å²) in [6.45, 7) is 2.89. The topological polar surface area (TPSA) is 36.9 Å². The number of rotatable bonds is 16. The predicted octanol–water partition coefficient (Wildman–Crippen LogP) is 5.24. The lowest BCUT2D eigenvalue weighted by Crippen LogP contribution is -2.29. The van der Waals surface area contributed by atoms with Crippen molar-refractivity contribution in [3.63, 3.8) is 0 Å². The van der Waals surface area contributed by atoms with E-state index in [9.17, 15) is 0 Å². The summed E-state index contributed by atoms with van der Waals surface area (Å²) in [5.41, 5.74) is 0. The Kier molecular flexibility index (Phi) is 18.0. The van der Waals surface area contributed by atoms with Gasteiger partial charge in [0.15, 0.2) is 0 Å². The molecule has 0 aromatic rings. The minimum atomic E-state index is 0.0943. The molecule has 0 fully saturated rings. The third-order valence-electron chi connectivity index (χ3n) is 3.06. The minimum Gasteiger partial charge on any atom is -0.316 e. The molecule has 0 heterocycles. The van der Waals surface area contributed by atoms with Crippen molar-refractivity contribution in [3.8, 4) is 0 Å². The molecule has 0 aromatic heterocycles. The van der Waals surface area contributed by atoms with Gasteiger partial charge in [-0.15, -0.1) is 0 Å². The molecule has 0 saturated carbocycles. The van der Waals surface area contributed by atoms with Crippen LogP contribution in [-0.2, 0) is 16.7 Å². The van der Waals surface area contributed by atoms with E-state index in [1.807, 2.05) is 25.0 Å². The molecule has 3 atom stereocenters. The third kappa shape index (κ3) is 12.6. The summed E-state index contributed by atoms with van der Waals surface area (Å²) in [6, 6.07) is 0. The van der Waals surface area contributed by atoms with Crippen molar-refractivity contribution in [1.82, 2.24) is 0 Å². The second kappa shape index (κ2) is 17.1. The Morgan fingerprint density at radius 3 is 1.82 bits per heavy atom. The molecular formula is C14H30O4S4. The molecule has 0 N–H and O–H groups in total. The van der Waals surface area contributed by atoms with Gasteiger partial charge in [-0.25, -0.2) is 0 Å². The van der Waals surface area contributed by atoms with Gasteiger partial charge in [0.05, 0.1) is 24.9 Å². The van der Waals surface area contributed by atoms with Gasteiger partial charge in [-0.05, 0) is 87.2 Å². The number of hydrogen-bond donors (Lipinski definition) is 0. The molecule has 22 heavy (non-hydrogen) atoms. The summed E-state index contributed by atoms with van der Waals surface area (Å²) < 4.78 is 22.5. The van der Waals surface area contributed by atoms with E-state index in [1.54, 1.807) is 0 Å². The molecule has 0 spiro atoms. The lowest BCUT2D eigenvalue weighted by atomic mass is 10.0. The quantitative estimate of drug-likeness (QED) is 0.261. The van der Waals surface area contributed by atoms with E-state index in [0.29, 0.717) is 0 Å². The monoisotopic (exact) mass is 390 g/mol. The molecule has 0 amide bonds. The van der Waals surface area contributed by atoms with Crippen molar-refractivity contribution < 1.29 is 16.7 Å². The molecule has 4 nitrogen and oxygen atoms in total. The van der Waals surface area contributed by atoms with Gasteiger partial charge in [0.2, 0.25) is 0 Å². The Labute approximate surface area is 153 Å². The van der Waals surface area contributed by atoms with Gasteiger partial charge in [0.1, 0.15) is 0 Å². The summed E-state index contributed by atoms with van der Waals surface area (Å²) in [5, 5.41) is 0. The van der Waals surface area contributed by atoms with Crippen molar-refractivity contribution in [2.24, 2.45) is 0 Å². The highest BCUT2D eigenvalue weighted by Gasteiger charge is 2.24. The molecule has 0 radical (unpaired) electrons. The van der Waals surface area contributed by atoms with Crippen LogP contribution in [0.5, 0.6) is 0 Å². The SMILES string of the molecule is CSOCCCCC(OSC)C(CCC(C)OSC)OSC. The van der Waals surface area contributed by atoms with Crippen LogP contribution < -0.4 is 0 Å². The first kappa shape index (κ1) is 23.2. The molecule has 0 saturated heterocycles. The molecular weight excluding hydrogens is 360 g/mol. The van der Waals surface area contributed by atoms with Crippen LogP contribution in [0.2, 0.25) is 0 Å². The van der Waals surface area contributed by atoms with Gasteiger partial charge >= 0.3 is 0 Å². The van der Waals surface area contributed by atoms with Gasteiger partial charge in [0, 0.05) is 25.0 Å². The van der Waals surface area contributed by atoms with Crippen LogP contribution in [0.3, 0.4) is 0 Å². The third-order valence-corrected chi connectivity index (χ3v) is 4.86. The van der Waals surface area contributed by atoms with Crippen LogP contribution in [0.4, 0.5) is 0 Å². The van der Waals surface area contributed by atoms with Crippen molar-refractivity contribution >= 4 is 48.2 Å². The highest BCUT2D eigenvalue weighted by molar-refractivity contribution is 7.94. The van der Waals surface area contributed by atoms with Gasteiger partial charge in [-0.1, -0.05) is 0 Å². The van der Waals surface area contributed by atoms with E-state index >= 15 is 0 Å². The van der Waals surface area contributed by atoms with Crippen molar-refractivity contribution in [3.05, 3.63) is 0 Å². The minimum absolute atomic E-state index is 0.0943. The maximum atomic E-state index is 5.84. The fourth-order valence-corrected chi connectivity index (χ4v) is 3.68. The first-order valence-corrected chi connectivity index (χ1v) is 12.0. The fourth-order valence-electron chi connectivity index (χ4n) is 2.04. The molecule has 134 valence electrons. The smallest absolute Gasteiger partial charge is 0.0997 e. The van der Waals surface area contributed by atoms with Crippen LogP contribution in [0.25, 0.3) is 0 Å². The Morgan fingerprint density at radius 2 is 1.27 bits per heavy atom. The highest BCUT2D eigenvalue weighted by atomic mass is 32.2. The van der Waals surface area contributed by atoms with Crippen LogP contribution in [0, 0.1) is 0 Å². The van der Waals surface area contributed by atoms with Crippen molar-refractivity contribution in [1.29, 1.82) is 0 Å². The molecule has 0 rings (SSSR count). The highest BCUT2D eigenvalue weighted by Crippen LogP contribution is 2.24. The van der Waals surface area contributed by atoms with Crippen molar-refractivity contribution in [2.45, 2.75) is 57.3 Å². The predicted molar refractivity (Wildman–Crippen MR) is 103 cm³/mol. The van der Waals surface area contributed by atoms with Gasteiger partial charge in [-0.2, -0.15) is 0 Å². The Balaban J connectivity index is 4.26. The summed E-state index contributed by atoms with van der Waals surface area (Å²) in [6.07, 6.45) is 13.3. The van der Waals surface area contributed by atoms with Crippen LogP contribution >= 0.6 is 48.2 Å². The lowest BCUT2D eigenvalue weighted by molar-refractivity contribution is 0.0618. The van der Waals surface area contributed by atoms with Gasteiger partial charge in [0.25, 0.3) is 0 Å². The van der Waals surface area contributed by atoms with Crippen LogP contribution in [0.15, 0.2) is 0 Å². The molecule has 0 aliphatic carbocycles. The molecule has 8 heteroatoms. The second-order valence-corrected chi connectivity index (χ2v) is 6.88.